The molecule has 0 radical (unpaired) electrons. The fraction of sp³-hybridized carbons (Fsp3) is 0.0556. The molecule has 3 aromatic heterocycles. The van der Waals surface area contributed by atoms with Crippen LogP contribution in [0.1, 0.15) is 5.56 Å². The summed E-state index contributed by atoms with van der Waals surface area (Å²) in [6.45, 7) is 1.91. The molecular formula is C18H13BrN4O2S2. The smallest absolute Gasteiger partial charge is 0.269 e. The Morgan fingerprint density at radius 3 is 2.59 bits per heavy atom. The quantitative estimate of drug-likeness (QED) is 0.456. The normalized spacial score (nSPS) is 11.8. The highest BCUT2D eigenvalue weighted by Crippen LogP contribution is 2.32. The Bertz CT molecular complexity index is 1330. The van der Waals surface area contributed by atoms with E-state index in [1.165, 1.54) is 3.97 Å². The monoisotopic (exact) mass is 460 g/mol. The zero-order chi connectivity index (χ0) is 19.2. The van der Waals surface area contributed by atoms with Gasteiger partial charge in [0.05, 0.1) is 10.6 Å². The summed E-state index contributed by atoms with van der Waals surface area (Å²) in [6.07, 6.45) is 4.71. The Balaban J connectivity index is 2.02. The molecule has 6 nitrogen and oxygen atoms in total. The zero-order valence-corrected chi connectivity index (χ0v) is 17.3. The second kappa shape index (κ2) is 6.66. The van der Waals surface area contributed by atoms with Crippen molar-refractivity contribution in [3.63, 3.8) is 0 Å². The molecular weight excluding hydrogens is 448 g/mol. The maximum atomic E-state index is 13.2. The van der Waals surface area contributed by atoms with Crippen molar-refractivity contribution in [2.45, 2.75) is 11.8 Å². The lowest BCUT2D eigenvalue weighted by molar-refractivity contribution is 0.589. The minimum absolute atomic E-state index is 0.198. The minimum Gasteiger partial charge on any atom is -0.330 e. The van der Waals surface area contributed by atoms with Crippen LogP contribution in [0.15, 0.2) is 64.4 Å². The van der Waals surface area contributed by atoms with Crippen molar-refractivity contribution in [3.05, 3.63) is 69.8 Å². The molecule has 0 saturated carbocycles. The molecule has 0 saturated heterocycles. The third-order valence-electron chi connectivity index (χ3n) is 4.12. The molecule has 0 unspecified atom stereocenters. The van der Waals surface area contributed by atoms with E-state index >= 15 is 0 Å². The van der Waals surface area contributed by atoms with Crippen LogP contribution >= 0.6 is 28.1 Å². The molecule has 4 rings (SSSR count). The summed E-state index contributed by atoms with van der Waals surface area (Å²) in [7, 11) is -3.81. The number of fused-ring (bicyclic) bond motifs is 1. The Labute approximate surface area is 169 Å². The van der Waals surface area contributed by atoms with Crippen LogP contribution in [-0.4, -0.2) is 27.3 Å². The molecule has 1 aromatic carbocycles. The maximum absolute atomic E-state index is 13.2. The minimum atomic E-state index is -3.81. The Morgan fingerprint density at radius 2 is 1.89 bits per heavy atom. The van der Waals surface area contributed by atoms with Crippen molar-refractivity contribution < 1.29 is 8.42 Å². The summed E-state index contributed by atoms with van der Waals surface area (Å²) >= 11 is 8.50. The largest absolute Gasteiger partial charge is 0.330 e. The molecule has 0 spiro atoms. The molecule has 0 aliphatic carbocycles. The van der Waals surface area contributed by atoms with Crippen molar-refractivity contribution in [2.75, 3.05) is 0 Å². The van der Waals surface area contributed by atoms with Gasteiger partial charge in [-0.15, -0.1) is 0 Å². The lowest BCUT2D eigenvalue weighted by Crippen LogP contribution is -2.12. The van der Waals surface area contributed by atoms with E-state index in [1.54, 1.807) is 48.9 Å². The van der Waals surface area contributed by atoms with Crippen molar-refractivity contribution in [1.82, 2.24) is 18.9 Å². The number of aromatic amines is 1. The van der Waals surface area contributed by atoms with Gasteiger partial charge in [0.25, 0.3) is 10.0 Å². The number of aromatic nitrogens is 4. The van der Waals surface area contributed by atoms with Gasteiger partial charge < -0.3 is 4.98 Å². The number of H-pyrrole nitrogens is 1. The van der Waals surface area contributed by atoms with Gasteiger partial charge in [0, 0.05) is 34.0 Å². The van der Waals surface area contributed by atoms with E-state index in [9.17, 15) is 8.42 Å². The standard InChI is InChI=1S/C18H13BrN4O2S2/c1-11-2-4-13(5-3-11)27(24,25)23-10-15(16-6-7-20-18(26)22-16)14-8-12(19)9-21-17(14)23/h2-10H,1H3,(H,20,22,26). The molecule has 0 aliphatic rings. The predicted molar refractivity (Wildman–Crippen MR) is 110 cm³/mol. The molecule has 9 heteroatoms. The van der Waals surface area contributed by atoms with Crippen LogP contribution < -0.4 is 0 Å². The Hall–Kier alpha value is -2.36. The molecule has 0 bridgehead atoms. The van der Waals surface area contributed by atoms with Crippen LogP contribution in [0.5, 0.6) is 0 Å². The first kappa shape index (κ1) is 18.0. The second-order valence-electron chi connectivity index (χ2n) is 5.97. The molecule has 1 N–H and O–H groups in total. The second-order valence-corrected chi connectivity index (χ2v) is 9.09. The number of benzene rings is 1. The molecule has 0 atom stereocenters. The first-order chi connectivity index (χ1) is 12.9. The van der Waals surface area contributed by atoms with E-state index in [2.05, 4.69) is 30.9 Å². The predicted octanol–water partition coefficient (Wildman–Crippen LogP) is 4.46. The molecule has 0 amide bonds. The molecule has 136 valence electrons. The highest BCUT2D eigenvalue weighted by atomic mass is 79.9. The van der Waals surface area contributed by atoms with Crippen LogP contribution in [0.4, 0.5) is 0 Å². The molecule has 0 fully saturated rings. The third-order valence-corrected chi connectivity index (χ3v) is 6.43. The summed E-state index contributed by atoms with van der Waals surface area (Å²) < 4.78 is 28.7. The number of nitrogens with one attached hydrogen (secondary N) is 1. The summed E-state index contributed by atoms with van der Waals surface area (Å²) in [6, 6.07) is 10.3. The van der Waals surface area contributed by atoms with E-state index in [0.717, 1.165) is 10.0 Å². The summed E-state index contributed by atoms with van der Waals surface area (Å²) in [5.41, 5.74) is 2.66. The van der Waals surface area contributed by atoms with Crippen LogP contribution in [0.25, 0.3) is 22.3 Å². The van der Waals surface area contributed by atoms with Crippen molar-refractivity contribution >= 4 is 49.2 Å². The van der Waals surface area contributed by atoms with E-state index in [0.29, 0.717) is 27.1 Å². The number of nitrogens with zero attached hydrogens (tertiary/aromatic N) is 3. The van der Waals surface area contributed by atoms with Gasteiger partial charge in [-0.2, -0.15) is 0 Å². The SMILES string of the molecule is Cc1ccc(S(=O)(=O)n2cc(-c3ccnc(=S)[nH]3)c3cc(Br)cnc32)cc1. The topological polar surface area (TPSA) is 80.6 Å². The fourth-order valence-corrected chi connectivity index (χ4v) is 4.63. The van der Waals surface area contributed by atoms with E-state index in [-0.39, 0.29) is 4.90 Å². The van der Waals surface area contributed by atoms with Crippen LogP contribution in [0, 0.1) is 11.7 Å². The highest BCUT2D eigenvalue weighted by Gasteiger charge is 2.23. The number of hydrogen-bond acceptors (Lipinski definition) is 5. The van der Waals surface area contributed by atoms with Gasteiger partial charge in [-0.1, -0.05) is 17.7 Å². The van der Waals surface area contributed by atoms with Crippen LogP contribution in [-0.2, 0) is 10.0 Å². The summed E-state index contributed by atoms with van der Waals surface area (Å²) in [4.78, 5) is 11.5. The number of aryl methyl sites for hydroxylation is 1. The number of rotatable bonds is 3. The van der Waals surface area contributed by atoms with Gasteiger partial charge in [0.2, 0.25) is 0 Å². The molecule has 27 heavy (non-hydrogen) atoms. The zero-order valence-electron chi connectivity index (χ0n) is 14.0. The van der Waals surface area contributed by atoms with Crippen molar-refractivity contribution in [2.24, 2.45) is 0 Å². The first-order valence-electron chi connectivity index (χ1n) is 7.91. The fourth-order valence-electron chi connectivity index (χ4n) is 2.80. The van der Waals surface area contributed by atoms with Gasteiger partial charge in [-0.05, 0) is 59.3 Å². The van der Waals surface area contributed by atoms with E-state index in [1.807, 2.05) is 13.0 Å². The number of hydrogen-bond donors (Lipinski definition) is 1. The van der Waals surface area contributed by atoms with Gasteiger partial charge in [-0.3, -0.25) is 0 Å². The molecule has 0 aliphatic heterocycles. The maximum Gasteiger partial charge on any atom is 0.269 e. The van der Waals surface area contributed by atoms with E-state index < -0.39 is 10.0 Å². The molecule has 3 heterocycles. The lowest BCUT2D eigenvalue weighted by Gasteiger charge is -2.07. The number of pyridine rings is 1. The van der Waals surface area contributed by atoms with Gasteiger partial charge in [0.15, 0.2) is 10.4 Å². The molecule has 4 aromatic rings. The van der Waals surface area contributed by atoms with Crippen molar-refractivity contribution in [3.8, 4) is 11.3 Å². The van der Waals surface area contributed by atoms with Crippen molar-refractivity contribution in [1.29, 1.82) is 0 Å². The van der Waals surface area contributed by atoms with Gasteiger partial charge in [0.1, 0.15) is 0 Å². The third kappa shape index (κ3) is 3.22. The highest BCUT2D eigenvalue weighted by molar-refractivity contribution is 9.10. The van der Waals surface area contributed by atoms with E-state index in [4.69, 9.17) is 12.2 Å². The Morgan fingerprint density at radius 1 is 1.15 bits per heavy atom. The van der Waals surface area contributed by atoms with Gasteiger partial charge in [-0.25, -0.2) is 22.4 Å². The first-order valence-corrected chi connectivity index (χ1v) is 10.5. The van der Waals surface area contributed by atoms with Crippen LogP contribution in [0.2, 0.25) is 0 Å². The summed E-state index contributed by atoms with van der Waals surface area (Å²) in [5, 5.41) is 0.678. The van der Waals surface area contributed by atoms with Crippen LogP contribution in [0.3, 0.4) is 0 Å². The lowest BCUT2D eigenvalue weighted by atomic mass is 10.1. The summed E-state index contributed by atoms with van der Waals surface area (Å²) in [5.74, 6) is 0. The van der Waals surface area contributed by atoms with Gasteiger partial charge >= 0.3 is 0 Å². The average molecular weight is 461 g/mol. The Kier molecular flexibility index (Phi) is 4.45. The average Bonchev–Trinajstić information content (AvgIpc) is 3.01. The number of halogens is 1.